The molecule has 0 aromatic heterocycles. The smallest absolute Gasteiger partial charge is 0.261 e. The van der Waals surface area contributed by atoms with Crippen LogP contribution in [0.2, 0.25) is 10.0 Å². The molecular weight excluding hydrogens is 480 g/mol. The Morgan fingerprint density at radius 3 is 2.28 bits per heavy atom. The first-order valence-electron chi connectivity index (χ1n) is 9.01. The molecule has 32 heavy (non-hydrogen) atoms. The van der Waals surface area contributed by atoms with Gasteiger partial charge in [0.05, 0.1) is 26.9 Å². The van der Waals surface area contributed by atoms with E-state index in [1.165, 1.54) is 37.3 Å². The molecule has 2 amide bonds. The molecule has 11 heteroatoms. The summed E-state index contributed by atoms with van der Waals surface area (Å²) in [5.41, 5.74) is 0.412. The molecular formula is C21H16Cl2FN3O4S. The van der Waals surface area contributed by atoms with Crippen LogP contribution in [0.25, 0.3) is 0 Å². The number of carbonyl (C=O) groups is 2. The number of hydrogen-bond donors (Lipinski definition) is 3. The lowest BCUT2D eigenvalue weighted by Gasteiger charge is -2.12. The molecule has 0 bridgehead atoms. The van der Waals surface area contributed by atoms with Gasteiger partial charge in [0.2, 0.25) is 5.91 Å². The number of nitrogens with one attached hydrogen (secondary N) is 3. The number of rotatable bonds is 6. The van der Waals surface area contributed by atoms with Crippen molar-refractivity contribution in [2.24, 2.45) is 0 Å². The Labute approximate surface area is 193 Å². The van der Waals surface area contributed by atoms with Crippen LogP contribution in [0.3, 0.4) is 0 Å². The van der Waals surface area contributed by atoms with E-state index >= 15 is 0 Å². The summed E-state index contributed by atoms with van der Waals surface area (Å²) in [5.74, 6) is -1.96. The minimum Gasteiger partial charge on any atom is -0.326 e. The van der Waals surface area contributed by atoms with E-state index in [0.29, 0.717) is 10.7 Å². The first kappa shape index (κ1) is 23.5. The minimum absolute atomic E-state index is 0.0767. The quantitative estimate of drug-likeness (QED) is 0.440. The van der Waals surface area contributed by atoms with Crippen molar-refractivity contribution in [1.29, 1.82) is 0 Å². The molecule has 0 radical (unpaired) electrons. The summed E-state index contributed by atoms with van der Waals surface area (Å²) in [6.45, 7) is 1.32. The third kappa shape index (κ3) is 5.76. The maximum absolute atomic E-state index is 14.6. The van der Waals surface area contributed by atoms with Crippen molar-refractivity contribution in [3.63, 3.8) is 0 Å². The summed E-state index contributed by atoms with van der Waals surface area (Å²) in [4.78, 5) is 23.2. The normalized spacial score (nSPS) is 11.0. The third-order valence-electron chi connectivity index (χ3n) is 4.11. The van der Waals surface area contributed by atoms with Crippen LogP contribution in [0.5, 0.6) is 0 Å². The largest absolute Gasteiger partial charge is 0.326 e. The van der Waals surface area contributed by atoms with Crippen molar-refractivity contribution in [3.8, 4) is 0 Å². The van der Waals surface area contributed by atoms with Crippen LogP contribution in [0.4, 0.5) is 21.5 Å². The summed E-state index contributed by atoms with van der Waals surface area (Å²) in [6, 6.07) is 13.3. The highest BCUT2D eigenvalue weighted by Crippen LogP contribution is 2.25. The van der Waals surface area contributed by atoms with Crippen LogP contribution < -0.4 is 15.4 Å². The zero-order valence-corrected chi connectivity index (χ0v) is 18.8. The van der Waals surface area contributed by atoms with Gasteiger partial charge in [0, 0.05) is 17.6 Å². The Morgan fingerprint density at radius 2 is 1.62 bits per heavy atom. The molecule has 0 aliphatic rings. The van der Waals surface area contributed by atoms with Crippen LogP contribution in [0, 0.1) is 5.82 Å². The maximum atomic E-state index is 14.6. The molecule has 3 rings (SSSR count). The second-order valence-electron chi connectivity index (χ2n) is 6.59. The van der Waals surface area contributed by atoms with Gasteiger partial charge in [-0.15, -0.1) is 0 Å². The SMILES string of the molecule is CC(=O)Nc1cccc(NS(=O)(=O)c2ccc(NC(=O)c3ccc(Cl)cc3Cl)c(F)c2)c1. The van der Waals surface area contributed by atoms with Crippen LogP contribution in [0.1, 0.15) is 17.3 Å². The zero-order valence-electron chi connectivity index (χ0n) is 16.4. The van der Waals surface area contributed by atoms with Crippen LogP contribution >= 0.6 is 23.2 Å². The summed E-state index contributed by atoms with van der Waals surface area (Å²) >= 11 is 11.8. The average Bonchev–Trinajstić information content (AvgIpc) is 2.68. The van der Waals surface area contributed by atoms with Crippen LogP contribution in [-0.4, -0.2) is 20.2 Å². The molecule has 0 aliphatic heterocycles. The fourth-order valence-corrected chi connectivity index (χ4v) is 4.26. The summed E-state index contributed by atoms with van der Waals surface area (Å²) in [7, 11) is -4.14. The highest BCUT2D eigenvalue weighted by molar-refractivity contribution is 7.92. The second-order valence-corrected chi connectivity index (χ2v) is 9.11. The number of sulfonamides is 1. The number of anilines is 3. The molecule has 0 fully saturated rings. The van der Waals surface area contributed by atoms with Crippen molar-refractivity contribution in [2.75, 3.05) is 15.4 Å². The molecule has 3 aromatic rings. The Balaban J connectivity index is 1.79. The standard InChI is InChI=1S/C21H16Cl2FN3O4S/c1-12(28)25-14-3-2-4-15(10-14)27-32(30,31)16-6-8-20(19(24)11-16)26-21(29)17-7-5-13(22)9-18(17)23/h2-11,27H,1H3,(H,25,28)(H,26,29). The van der Waals surface area contributed by atoms with E-state index in [-0.39, 0.29) is 32.8 Å². The number of amides is 2. The Hall–Kier alpha value is -3.14. The summed E-state index contributed by atoms with van der Waals surface area (Å²) < 4.78 is 42.1. The lowest BCUT2D eigenvalue weighted by molar-refractivity contribution is -0.114. The van der Waals surface area contributed by atoms with E-state index < -0.39 is 21.7 Å². The Kier molecular flexibility index (Phi) is 7.02. The highest BCUT2D eigenvalue weighted by atomic mass is 35.5. The molecule has 0 unspecified atom stereocenters. The van der Waals surface area contributed by atoms with Gasteiger partial charge in [-0.3, -0.25) is 14.3 Å². The van der Waals surface area contributed by atoms with Gasteiger partial charge in [0.25, 0.3) is 15.9 Å². The van der Waals surface area contributed by atoms with Gasteiger partial charge in [-0.05, 0) is 54.6 Å². The molecule has 0 spiro atoms. The molecule has 0 atom stereocenters. The van der Waals surface area contributed by atoms with Gasteiger partial charge in [-0.2, -0.15) is 0 Å². The van der Waals surface area contributed by atoms with E-state index in [0.717, 1.165) is 18.2 Å². The molecule has 0 heterocycles. The van der Waals surface area contributed by atoms with E-state index in [1.54, 1.807) is 12.1 Å². The van der Waals surface area contributed by atoms with E-state index in [1.807, 2.05) is 0 Å². The number of benzene rings is 3. The van der Waals surface area contributed by atoms with E-state index in [2.05, 4.69) is 15.4 Å². The fourth-order valence-electron chi connectivity index (χ4n) is 2.71. The van der Waals surface area contributed by atoms with Crippen molar-refractivity contribution in [3.05, 3.63) is 82.1 Å². The van der Waals surface area contributed by atoms with E-state index in [4.69, 9.17) is 23.2 Å². The van der Waals surface area contributed by atoms with E-state index in [9.17, 15) is 22.4 Å². The molecule has 0 aliphatic carbocycles. The Bertz CT molecular complexity index is 1320. The van der Waals surface area contributed by atoms with Gasteiger partial charge < -0.3 is 10.6 Å². The van der Waals surface area contributed by atoms with Crippen molar-refractivity contribution in [1.82, 2.24) is 0 Å². The van der Waals surface area contributed by atoms with Gasteiger partial charge in [0.15, 0.2) is 0 Å². The predicted molar refractivity (Wildman–Crippen MR) is 122 cm³/mol. The third-order valence-corrected chi connectivity index (χ3v) is 6.04. The second kappa shape index (κ2) is 9.56. The van der Waals surface area contributed by atoms with Crippen LogP contribution in [-0.2, 0) is 14.8 Å². The minimum atomic E-state index is -4.14. The first-order chi connectivity index (χ1) is 15.0. The number of carbonyl (C=O) groups excluding carboxylic acids is 2. The molecule has 166 valence electrons. The first-order valence-corrected chi connectivity index (χ1v) is 11.3. The van der Waals surface area contributed by atoms with Crippen molar-refractivity contribution in [2.45, 2.75) is 11.8 Å². The van der Waals surface area contributed by atoms with Crippen LogP contribution in [0.15, 0.2) is 65.6 Å². The molecule has 7 nitrogen and oxygen atoms in total. The molecule has 3 N–H and O–H groups in total. The predicted octanol–water partition coefficient (Wildman–Crippen LogP) is 5.14. The fraction of sp³-hybridized carbons (Fsp3) is 0.0476. The summed E-state index contributed by atoms with van der Waals surface area (Å²) in [6.07, 6.45) is 0. The molecule has 0 saturated heterocycles. The van der Waals surface area contributed by atoms with Crippen molar-refractivity contribution >= 4 is 62.1 Å². The maximum Gasteiger partial charge on any atom is 0.261 e. The summed E-state index contributed by atoms with van der Waals surface area (Å²) in [5, 5.41) is 5.30. The monoisotopic (exact) mass is 495 g/mol. The highest BCUT2D eigenvalue weighted by Gasteiger charge is 2.19. The molecule has 3 aromatic carbocycles. The lowest BCUT2D eigenvalue weighted by Crippen LogP contribution is -2.16. The van der Waals surface area contributed by atoms with Gasteiger partial charge in [-0.1, -0.05) is 29.3 Å². The van der Waals surface area contributed by atoms with Gasteiger partial charge in [0.1, 0.15) is 5.82 Å². The van der Waals surface area contributed by atoms with Crippen molar-refractivity contribution < 1.29 is 22.4 Å². The number of hydrogen-bond acceptors (Lipinski definition) is 4. The zero-order chi connectivity index (χ0) is 23.5. The van der Waals surface area contributed by atoms with Gasteiger partial charge in [-0.25, -0.2) is 12.8 Å². The molecule has 0 saturated carbocycles. The number of halogens is 3. The Morgan fingerprint density at radius 1 is 0.906 bits per heavy atom. The topological polar surface area (TPSA) is 104 Å². The van der Waals surface area contributed by atoms with Gasteiger partial charge >= 0.3 is 0 Å². The average molecular weight is 496 g/mol. The lowest BCUT2D eigenvalue weighted by atomic mass is 10.2.